The van der Waals surface area contributed by atoms with Gasteiger partial charge in [0.2, 0.25) is 0 Å². The van der Waals surface area contributed by atoms with Gasteiger partial charge in [-0.15, -0.1) is 0 Å². The van der Waals surface area contributed by atoms with Gasteiger partial charge < -0.3 is 54.7 Å². The summed E-state index contributed by atoms with van der Waals surface area (Å²) in [6.45, 7) is 1.96. The third-order valence-corrected chi connectivity index (χ3v) is 62.5. The molecule has 0 saturated heterocycles. The van der Waals surface area contributed by atoms with Gasteiger partial charge in [-0.2, -0.15) is 0 Å². The first-order valence-electron chi connectivity index (χ1n) is 9.80. The quantitative estimate of drug-likeness (QED) is 0.124. The molecule has 0 aromatic carbocycles. The van der Waals surface area contributed by atoms with Crippen LogP contribution in [0.1, 0.15) is 38.5 Å². The molecule has 32 heavy (non-hydrogen) atoms. The van der Waals surface area contributed by atoms with Gasteiger partial charge in [-0.3, -0.25) is 0 Å². The lowest BCUT2D eigenvalue weighted by Gasteiger charge is -2.24. The Morgan fingerprint density at radius 2 is 1.38 bits per heavy atom. The SMILES string of the molecule is C[Si](O)(CCCNC1CCCCC1)O[Si](=O)[Si](=O)[Si](=O)[Si](=O)[Si](=O)[Si](=O)[Si](=O)[Si](=O)[Si]O. The Bertz CT molecular complexity index is 841. The molecule has 0 spiro atoms. The minimum atomic E-state index is -3.76. The minimum absolute atomic E-state index is 0.177. The first kappa shape index (κ1) is 30.3. The maximum absolute atomic E-state index is 12.3. The van der Waals surface area contributed by atoms with E-state index >= 15 is 0 Å². The number of nitrogens with one attached hydrogen (secondary N) is 1. The van der Waals surface area contributed by atoms with Crippen LogP contribution in [0.2, 0.25) is 12.6 Å². The molecule has 0 aliphatic heterocycles. The first-order chi connectivity index (χ1) is 14.9. The molecule has 0 heterocycles. The zero-order valence-electron chi connectivity index (χ0n) is 17.3. The van der Waals surface area contributed by atoms with Gasteiger partial charge in [-0.05, 0) is 32.4 Å². The molecular formula is C10H23NO11Si10. The Morgan fingerprint density at radius 3 is 1.91 bits per heavy atom. The molecule has 0 aromatic rings. The summed E-state index contributed by atoms with van der Waals surface area (Å²) in [6, 6.07) is 0.606. The molecule has 1 fully saturated rings. The van der Waals surface area contributed by atoms with Crippen molar-refractivity contribution in [2.45, 2.75) is 57.2 Å². The molecule has 0 aromatic heterocycles. The molecular weight excluding hydrogens is 591 g/mol. The highest BCUT2D eigenvalue weighted by Crippen LogP contribution is 2.17. The lowest BCUT2D eigenvalue weighted by Crippen LogP contribution is -2.53. The molecule has 12 nitrogen and oxygen atoms in total. The summed E-state index contributed by atoms with van der Waals surface area (Å²) in [6.07, 6.45) is 6.28. The second kappa shape index (κ2) is 14.6. The van der Waals surface area contributed by atoms with Crippen LogP contribution in [0.4, 0.5) is 0 Å². The Hall–Kier alpha value is 0.249. The fraction of sp³-hybridized carbons (Fsp3) is 1.00. The van der Waals surface area contributed by atoms with Gasteiger partial charge in [0.25, 0.3) is 9.28 Å². The topological polar surface area (TPSA) is 198 Å². The molecule has 3 N–H and O–H groups in total. The molecule has 1 aliphatic carbocycles. The van der Waals surface area contributed by atoms with Crippen LogP contribution in [-0.2, 0) is 39.8 Å². The Kier molecular flexibility index (Phi) is 13.8. The molecule has 174 valence electrons. The summed E-state index contributed by atoms with van der Waals surface area (Å²) in [7, 11) is -33.4. The maximum Gasteiger partial charge on any atom is 0.533 e. The van der Waals surface area contributed by atoms with E-state index in [1.807, 2.05) is 0 Å². The molecule has 0 amide bonds. The van der Waals surface area contributed by atoms with E-state index in [4.69, 9.17) is 8.91 Å². The van der Waals surface area contributed by atoms with Crippen LogP contribution in [0.3, 0.4) is 0 Å². The second-order valence-corrected chi connectivity index (χ2v) is 47.9. The summed E-state index contributed by atoms with van der Waals surface area (Å²) in [5.74, 6) is 0. The average molecular weight is 614 g/mol. The lowest BCUT2D eigenvalue weighted by molar-refractivity contribution is 0.351. The Labute approximate surface area is 198 Å². The number of hydrogen-bond acceptors (Lipinski definition) is 12. The van der Waals surface area contributed by atoms with Crippen molar-refractivity contribution in [3.05, 3.63) is 0 Å². The zero-order valence-corrected chi connectivity index (χ0v) is 27.3. The van der Waals surface area contributed by atoms with Crippen LogP contribution in [0.15, 0.2) is 0 Å². The molecule has 1 unspecified atom stereocenters. The summed E-state index contributed by atoms with van der Waals surface area (Å²) in [4.78, 5) is 19.1. The number of rotatable bonds is 15. The van der Waals surface area contributed by atoms with Crippen molar-refractivity contribution in [3.63, 3.8) is 0 Å². The third-order valence-electron chi connectivity index (χ3n) is 4.69. The van der Waals surface area contributed by atoms with E-state index in [0.29, 0.717) is 19.0 Å². The zero-order chi connectivity index (χ0) is 24.5. The van der Waals surface area contributed by atoms with Gasteiger partial charge in [-0.25, -0.2) is 0 Å². The monoisotopic (exact) mass is 613 g/mol. The Balaban J connectivity index is 2.56. The third kappa shape index (κ3) is 9.85. The second-order valence-electron chi connectivity index (χ2n) is 7.37. The summed E-state index contributed by atoms with van der Waals surface area (Å²) in [5, 5.41) is 3.38. The highest BCUT2D eigenvalue weighted by Gasteiger charge is 2.50. The predicted molar refractivity (Wildman–Crippen MR) is 119 cm³/mol. The van der Waals surface area contributed by atoms with Crippen LogP contribution in [0.25, 0.3) is 0 Å². The van der Waals surface area contributed by atoms with Crippen molar-refractivity contribution in [2.75, 3.05) is 6.54 Å². The van der Waals surface area contributed by atoms with Gasteiger partial charge in [0, 0.05) is 12.1 Å². The van der Waals surface area contributed by atoms with E-state index in [1.54, 1.807) is 0 Å². The van der Waals surface area contributed by atoms with E-state index in [1.165, 1.54) is 25.8 Å². The van der Waals surface area contributed by atoms with Gasteiger partial charge in [-0.1, -0.05) is 19.3 Å². The molecule has 1 atom stereocenters. The van der Waals surface area contributed by atoms with Crippen LogP contribution < -0.4 is 5.32 Å². The Morgan fingerprint density at radius 1 is 0.875 bits per heavy atom. The summed E-state index contributed by atoms with van der Waals surface area (Å²) in [5.41, 5.74) is 0. The highest BCUT2D eigenvalue weighted by atomic mass is 30.0. The van der Waals surface area contributed by atoms with E-state index < -0.39 is 80.3 Å². The van der Waals surface area contributed by atoms with Crippen molar-refractivity contribution >= 4 is 80.3 Å². The fourth-order valence-electron chi connectivity index (χ4n) is 2.99. The molecule has 1 rings (SSSR count). The van der Waals surface area contributed by atoms with Crippen LogP contribution >= 0.6 is 0 Å². The standard InChI is InChI=1S/C10H23NO11Si10/c1-32(21,9-5-8-11-10-6-3-2-4-7-10)22-24(13)26(15)28(17)30(19)31(20)29(18)27(16)25(14)23-12/h10-12,21H,2-9H2,1H3. The van der Waals surface area contributed by atoms with E-state index in [0.717, 1.165) is 12.8 Å². The van der Waals surface area contributed by atoms with Crippen molar-refractivity contribution in [2.24, 2.45) is 0 Å². The predicted octanol–water partition coefficient (Wildman–Crippen LogP) is -3.09. The molecule has 22 heteroatoms. The van der Waals surface area contributed by atoms with Crippen LogP contribution in [0, 0.1) is 0 Å². The van der Waals surface area contributed by atoms with Gasteiger partial charge in [0.1, 0.15) is 0 Å². The lowest BCUT2D eigenvalue weighted by atomic mass is 9.95. The van der Waals surface area contributed by atoms with E-state index in [2.05, 4.69) is 5.32 Å². The molecule has 1 saturated carbocycles. The van der Waals surface area contributed by atoms with Gasteiger partial charge in [0.15, 0.2) is 0 Å². The van der Waals surface area contributed by atoms with Crippen molar-refractivity contribution in [3.8, 4) is 0 Å². The highest BCUT2D eigenvalue weighted by molar-refractivity contribution is 7.74. The maximum atomic E-state index is 12.3. The van der Waals surface area contributed by atoms with E-state index in [9.17, 15) is 40.5 Å². The smallest absolute Gasteiger partial charge is 0.533 e. The fourth-order valence-corrected chi connectivity index (χ4v) is 79.3. The average Bonchev–Trinajstić information content (AvgIpc) is 2.78. The van der Waals surface area contributed by atoms with Crippen LogP contribution in [0.5, 0.6) is 0 Å². The van der Waals surface area contributed by atoms with Crippen molar-refractivity contribution in [1.29, 1.82) is 0 Å². The molecule has 1 aliphatic rings. The normalized spacial score (nSPS) is 15.8. The summed E-state index contributed by atoms with van der Waals surface area (Å²) >= 11 is 0. The first-order valence-corrected chi connectivity index (χ1v) is 32.5. The van der Waals surface area contributed by atoms with Gasteiger partial charge >= 0.3 is 71.0 Å². The summed E-state index contributed by atoms with van der Waals surface area (Å²) < 4.78 is 101. The van der Waals surface area contributed by atoms with E-state index in [-0.39, 0.29) is 6.04 Å². The number of hydrogen-bond donors (Lipinski definition) is 3. The van der Waals surface area contributed by atoms with Gasteiger partial charge in [0.05, 0.1) is 0 Å². The molecule has 0 bridgehead atoms. The van der Waals surface area contributed by atoms with Crippen molar-refractivity contribution in [1.82, 2.24) is 5.32 Å². The largest absolute Gasteiger partial charge is 0.558 e. The van der Waals surface area contributed by atoms with Crippen LogP contribution in [-0.4, -0.2) is 102 Å². The molecule has 2 radical (unpaired) electrons. The van der Waals surface area contributed by atoms with Crippen molar-refractivity contribution < 1.29 is 49.4 Å². The minimum Gasteiger partial charge on any atom is -0.558 e.